The van der Waals surface area contributed by atoms with Gasteiger partial charge in [0.25, 0.3) is 0 Å². The van der Waals surface area contributed by atoms with Crippen LogP contribution in [0, 0.1) is 6.92 Å². The van der Waals surface area contributed by atoms with Crippen LogP contribution in [0.2, 0.25) is 0 Å². The van der Waals surface area contributed by atoms with Gasteiger partial charge in [0.05, 0.1) is 0 Å². The first-order valence-electron chi connectivity index (χ1n) is 9.02. The van der Waals surface area contributed by atoms with Crippen LogP contribution in [0.3, 0.4) is 0 Å². The number of carbonyl (C=O) groups is 1. The molecule has 1 amide bonds. The van der Waals surface area contributed by atoms with Crippen LogP contribution >= 0.6 is 11.5 Å². The van der Waals surface area contributed by atoms with Gasteiger partial charge < -0.3 is 10.2 Å². The van der Waals surface area contributed by atoms with E-state index >= 15 is 0 Å². The van der Waals surface area contributed by atoms with Crippen molar-refractivity contribution in [2.75, 3.05) is 11.4 Å². The molecule has 2 heterocycles. The Labute approximate surface area is 153 Å². The third-order valence-electron chi connectivity index (χ3n) is 4.74. The lowest BCUT2D eigenvalue weighted by Crippen LogP contribution is -2.46. The van der Waals surface area contributed by atoms with E-state index in [2.05, 4.69) is 52.7 Å². The molecule has 1 N–H and O–H groups in total. The van der Waals surface area contributed by atoms with Gasteiger partial charge in [-0.2, -0.15) is 4.37 Å². The fraction of sp³-hybridized carbons (Fsp3) is 0.526. The largest absolute Gasteiger partial charge is 0.352 e. The maximum atomic E-state index is 12.5. The van der Waals surface area contributed by atoms with Gasteiger partial charge >= 0.3 is 0 Å². The standard InChI is InChI=1S/C19H26N4OS/c1-4-14(3)20-18(24)16-6-5-11-23(16)19-21-17(22-25-19)12-15-9-7-13(2)8-10-15/h7-10,14,16H,4-6,11-12H2,1-3H3,(H,20,24)/t14-,16+/m0/s1. The van der Waals surface area contributed by atoms with Crippen molar-refractivity contribution < 1.29 is 4.79 Å². The number of hydrogen-bond acceptors (Lipinski definition) is 5. The van der Waals surface area contributed by atoms with Gasteiger partial charge in [-0.05, 0) is 38.7 Å². The number of benzene rings is 1. The minimum absolute atomic E-state index is 0.113. The second-order valence-corrected chi connectivity index (χ2v) is 7.56. The van der Waals surface area contributed by atoms with Gasteiger partial charge in [0.15, 0.2) is 0 Å². The van der Waals surface area contributed by atoms with E-state index in [1.165, 1.54) is 22.7 Å². The summed E-state index contributed by atoms with van der Waals surface area (Å²) in [6.07, 6.45) is 3.58. The van der Waals surface area contributed by atoms with Crippen molar-refractivity contribution in [3.05, 3.63) is 41.2 Å². The van der Waals surface area contributed by atoms with E-state index in [-0.39, 0.29) is 18.0 Å². The van der Waals surface area contributed by atoms with E-state index in [9.17, 15) is 4.79 Å². The average molecular weight is 359 g/mol. The second-order valence-electron chi connectivity index (χ2n) is 6.82. The Bertz CT molecular complexity index is 712. The molecule has 1 aromatic carbocycles. The van der Waals surface area contributed by atoms with Crippen LogP contribution in [0.25, 0.3) is 0 Å². The number of aryl methyl sites for hydroxylation is 1. The monoisotopic (exact) mass is 358 g/mol. The van der Waals surface area contributed by atoms with Crippen LogP contribution in [-0.2, 0) is 11.2 Å². The van der Waals surface area contributed by atoms with Gasteiger partial charge in [-0.3, -0.25) is 4.79 Å². The zero-order valence-corrected chi connectivity index (χ0v) is 16.0. The summed E-state index contributed by atoms with van der Waals surface area (Å²) in [5, 5.41) is 3.96. The first-order valence-corrected chi connectivity index (χ1v) is 9.79. The molecule has 0 unspecified atom stereocenters. The summed E-state index contributed by atoms with van der Waals surface area (Å²) >= 11 is 1.40. The smallest absolute Gasteiger partial charge is 0.242 e. The molecule has 0 radical (unpaired) electrons. The summed E-state index contributed by atoms with van der Waals surface area (Å²) in [7, 11) is 0. The minimum Gasteiger partial charge on any atom is -0.352 e. The predicted octanol–water partition coefficient (Wildman–Crippen LogP) is 3.32. The van der Waals surface area contributed by atoms with Crippen LogP contribution < -0.4 is 10.2 Å². The zero-order chi connectivity index (χ0) is 17.8. The number of hydrogen-bond donors (Lipinski definition) is 1. The van der Waals surface area contributed by atoms with Crippen LogP contribution in [0.4, 0.5) is 5.13 Å². The number of nitrogens with one attached hydrogen (secondary N) is 1. The molecule has 0 bridgehead atoms. The fourth-order valence-electron chi connectivity index (χ4n) is 3.03. The van der Waals surface area contributed by atoms with Crippen LogP contribution in [0.1, 0.15) is 50.1 Å². The predicted molar refractivity (Wildman–Crippen MR) is 102 cm³/mol. The summed E-state index contributed by atoms with van der Waals surface area (Å²) in [4.78, 5) is 19.3. The summed E-state index contributed by atoms with van der Waals surface area (Å²) in [5.74, 6) is 0.943. The highest BCUT2D eigenvalue weighted by atomic mass is 32.1. The van der Waals surface area contributed by atoms with Crippen LogP contribution in [-0.4, -0.2) is 33.9 Å². The molecule has 0 saturated carbocycles. The van der Waals surface area contributed by atoms with Crippen molar-refractivity contribution in [2.24, 2.45) is 0 Å². The van der Waals surface area contributed by atoms with Gasteiger partial charge in [0.1, 0.15) is 11.9 Å². The highest BCUT2D eigenvalue weighted by molar-refractivity contribution is 7.09. The lowest BCUT2D eigenvalue weighted by molar-refractivity contribution is -0.122. The first kappa shape index (κ1) is 17.9. The number of anilines is 1. The van der Waals surface area contributed by atoms with Gasteiger partial charge in [0.2, 0.25) is 11.0 Å². The Morgan fingerprint density at radius 1 is 1.40 bits per heavy atom. The molecule has 1 aliphatic rings. The molecule has 0 aliphatic carbocycles. The van der Waals surface area contributed by atoms with Crippen molar-refractivity contribution in [1.82, 2.24) is 14.7 Å². The summed E-state index contributed by atoms with van der Waals surface area (Å²) < 4.78 is 4.51. The number of aromatic nitrogens is 2. The minimum atomic E-state index is -0.117. The normalized spacial score (nSPS) is 18.4. The highest BCUT2D eigenvalue weighted by Crippen LogP contribution is 2.28. The molecule has 0 spiro atoms. The van der Waals surface area contributed by atoms with Crippen molar-refractivity contribution >= 4 is 22.6 Å². The third kappa shape index (κ3) is 4.37. The molecule has 5 nitrogen and oxygen atoms in total. The maximum Gasteiger partial charge on any atom is 0.242 e. The Hall–Kier alpha value is -1.95. The number of carbonyl (C=O) groups excluding carboxylic acids is 1. The van der Waals surface area contributed by atoms with E-state index < -0.39 is 0 Å². The molecule has 1 fully saturated rings. The van der Waals surface area contributed by atoms with E-state index in [0.717, 1.165) is 43.2 Å². The van der Waals surface area contributed by atoms with Crippen molar-refractivity contribution in [1.29, 1.82) is 0 Å². The van der Waals surface area contributed by atoms with Gasteiger partial charge in [-0.25, -0.2) is 4.98 Å². The third-order valence-corrected chi connectivity index (χ3v) is 5.53. The van der Waals surface area contributed by atoms with Crippen molar-refractivity contribution in [2.45, 2.75) is 58.5 Å². The quantitative estimate of drug-likeness (QED) is 0.861. The van der Waals surface area contributed by atoms with E-state index in [4.69, 9.17) is 4.98 Å². The Kier molecular flexibility index (Phi) is 5.68. The summed E-state index contributed by atoms with van der Waals surface area (Å²) in [6, 6.07) is 8.55. The summed E-state index contributed by atoms with van der Waals surface area (Å²) in [6.45, 7) is 7.08. The highest BCUT2D eigenvalue weighted by Gasteiger charge is 2.33. The van der Waals surface area contributed by atoms with E-state index in [0.29, 0.717) is 0 Å². The van der Waals surface area contributed by atoms with Gasteiger partial charge in [-0.1, -0.05) is 36.8 Å². The zero-order valence-electron chi connectivity index (χ0n) is 15.2. The Balaban J connectivity index is 1.68. The van der Waals surface area contributed by atoms with Gasteiger partial charge in [0, 0.05) is 30.5 Å². The topological polar surface area (TPSA) is 58.1 Å². The molecule has 1 saturated heterocycles. The molecular weight excluding hydrogens is 332 g/mol. The maximum absolute atomic E-state index is 12.5. The molecular formula is C19H26N4OS. The number of amides is 1. The van der Waals surface area contributed by atoms with Crippen LogP contribution in [0.15, 0.2) is 24.3 Å². The number of nitrogens with zero attached hydrogens (tertiary/aromatic N) is 3. The summed E-state index contributed by atoms with van der Waals surface area (Å²) in [5.41, 5.74) is 2.46. The molecule has 2 aromatic rings. The molecule has 1 aromatic heterocycles. The van der Waals surface area contributed by atoms with Crippen LogP contribution in [0.5, 0.6) is 0 Å². The van der Waals surface area contributed by atoms with E-state index in [1.54, 1.807) is 0 Å². The molecule has 3 rings (SSSR count). The molecule has 134 valence electrons. The van der Waals surface area contributed by atoms with Crippen molar-refractivity contribution in [3.63, 3.8) is 0 Å². The van der Waals surface area contributed by atoms with Gasteiger partial charge in [-0.15, -0.1) is 0 Å². The second kappa shape index (κ2) is 7.95. The number of rotatable bonds is 6. The SMILES string of the molecule is CC[C@H](C)NC(=O)[C@H]1CCCN1c1nc(Cc2ccc(C)cc2)ns1. The fourth-order valence-corrected chi connectivity index (χ4v) is 3.79. The Morgan fingerprint density at radius 3 is 2.88 bits per heavy atom. The van der Waals surface area contributed by atoms with E-state index in [1.807, 2.05) is 6.92 Å². The molecule has 1 aliphatic heterocycles. The first-order chi connectivity index (χ1) is 12.1. The lowest BCUT2D eigenvalue weighted by Gasteiger charge is -2.24. The van der Waals surface area contributed by atoms with Crippen molar-refractivity contribution in [3.8, 4) is 0 Å². The Morgan fingerprint density at radius 2 is 2.16 bits per heavy atom. The lowest BCUT2D eigenvalue weighted by atomic mass is 10.1. The molecule has 2 atom stereocenters. The molecule has 6 heteroatoms. The molecule has 25 heavy (non-hydrogen) atoms. The average Bonchev–Trinajstić information content (AvgIpc) is 3.25.